The third-order valence-corrected chi connectivity index (χ3v) is 12.7. The minimum absolute atomic E-state index is 0.139. The van der Waals surface area contributed by atoms with Crippen molar-refractivity contribution in [1.82, 2.24) is 24.6 Å². The van der Waals surface area contributed by atoms with E-state index in [1.807, 2.05) is 53.0 Å². The van der Waals surface area contributed by atoms with E-state index in [4.69, 9.17) is 29.1 Å². The Balaban J connectivity index is 1.31. The summed E-state index contributed by atoms with van der Waals surface area (Å²) in [7, 11) is -0.810. The molecule has 3 aromatic carbocycles. The Bertz CT molecular complexity index is 2150. The van der Waals surface area contributed by atoms with Crippen LogP contribution in [0.2, 0.25) is 0 Å². The van der Waals surface area contributed by atoms with Crippen LogP contribution in [-0.2, 0) is 16.1 Å². The first-order valence-electron chi connectivity index (χ1n) is 18.6. The number of anilines is 1. The number of hydrogen-bond donors (Lipinski definition) is 0. The van der Waals surface area contributed by atoms with Crippen LogP contribution >= 0.6 is 8.15 Å². The molecule has 4 aliphatic rings. The second-order valence-corrected chi connectivity index (χ2v) is 16.8. The van der Waals surface area contributed by atoms with E-state index in [1.54, 1.807) is 6.07 Å². The fourth-order valence-electron chi connectivity index (χ4n) is 8.34. The Labute approximate surface area is 304 Å². The fourth-order valence-corrected chi connectivity index (χ4v) is 8.83. The topological polar surface area (TPSA) is 94.8 Å². The van der Waals surface area contributed by atoms with Crippen LogP contribution in [0.1, 0.15) is 74.3 Å². The van der Waals surface area contributed by atoms with Crippen molar-refractivity contribution in [2.24, 2.45) is 0 Å². The zero-order valence-electron chi connectivity index (χ0n) is 29.9. The molecule has 4 atom stereocenters. The zero-order chi connectivity index (χ0) is 35.5. The Morgan fingerprint density at radius 3 is 2.60 bits per heavy atom. The molecule has 5 aromatic rings. The number of likely N-dealkylation sites (tertiary alicyclic amines) is 1. The molecule has 0 spiro atoms. The maximum atomic E-state index is 16.3. The van der Waals surface area contributed by atoms with Crippen molar-refractivity contribution < 1.29 is 23.2 Å². The molecule has 52 heavy (non-hydrogen) atoms. The number of carbonyl (C=O) groups excluding carboxylic acids is 1. The lowest BCUT2D eigenvalue weighted by Crippen LogP contribution is -2.46. The molecule has 5 heterocycles. The summed E-state index contributed by atoms with van der Waals surface area (Å²) in [6.07, 6.45) is 9.29. The number of benzene rings is 3. The Morgan fingerprint density at radius 2 is 1.88 bits per heavy atom. The van der Waals surface area contributed by atoms with E-state index in [9.17, 15) is 4.79 Å². The number of nitrogens with zero attached hydrogens (tertiary/aromatic N) is 6. The summed E-state index contributed by atoms with van der Waals surface area (Å²) < 4.78 is 37.7. The van der Waals surface area contributed by atoms with Gasteiger partial charge in [-0.2, -0.15) is 15.1 Å². The molecule has 270 valence electrons. The standard InChI is InChI=1S/C40H44FN6O4P/c1-4-52(3)51-40-43-37-30(39(44-40)46-21-27-16-28(46)20-45(27)23-48)17-29(26-13-14-26)36(38(37)50-22-25-10-6-5-7-11-25)35-24(2)32(41)18-33-31(35)19-42-47(33)34-12-8-9-15-49-34/h5-7,10-11,17-19,23,26-28,34H,4,8-9,12-16,20-22H2,1-3H3/t27-,28-,34?,52?/m0/s1. The third-order valence-electron chi connectivity index (χ3n) is 11.3. The number of rotatable bonds is 11. The molecule has 1 aliphatic carbocycles. The molecule has 1 amide bonds. The third kappa shape index (κ3) is 5.86. The fraction of sp³-hybridized carbons (Fsp3) is 0.450. The number of amides is 1. The molecule has 3 aliphatic heterocycles. The van der Waals surface area contributed by atoms with Gasteiger partial charge in [-0.25, -0.2) is 9.07 Å². The first kappa shape index (κ1) is 33.5. The van der Waals surface area contributed by atoms with Crippen LogP contribution in [0.15, 0.2) is 48.7 Å². The predicted octanol–water partition coefficient (Wildman–Crippen LogP) is 8.09. The van der Waals surface area contributed by atoms with E-state index in [1.165, 1.54) is 0 Å². The average molecular weight is 723 g/mol. The number of aromatic nitrogens is 4. The summed E-state index contributed by atoms with van der Waals surface area (Å²) in [5.74, 6) is 1.39. The lowest BCUT2D eigenvalue weighted by molar-refractivity contribution is -0.119. The van der Waals surface area contributed by atoms with Crippen molar-refractivity contribution in [3.05, 3.63) is 71.2 Å². The molecule has 12 heteroatoms. The summed E-state index contributed by atoms with van der Waals surface area (Å²) in [5, 5.41) is 6.57. The van der Waals surface area contributed by atoms with Gasteiger partial charge in [-0.1, -0.05) is 37.3 Å². The van der Waals surface area contributed by atoms with Gasteiger partial charge in [-0.05, 0) is 80.8 Å². The van der Waals surface area contributed by atoms with Gasteiger partial charge in [0.1, 0.15) is 23.8 Å². The summed E-state index contributed by atoms with van der Waals surface area (Å²) in [6.45, 7) is 8.35. The van der Waals surface area contributed by atoms with E-state index in [2.05, 4.69) is 24.6 Å². The molecule has 2 bridgehead atoms. The van der Waals surface area contributed by atoms with Gasteiger partial charge < -0.3 is 23.8 Å². The quantitative estimate of drug-likeness (QED) is 0.0998. The molecule has 0 radical (unpaired) electrons. The van der Waals surface area contributed by atoms with Gasteiger partial charge in [0.25, 0.3) is 0 Å². The smallest absolute Gasteiger partial charge is 0.321 e. The Morgan fingerprint density at radius 1 is 1.04 bits per heavy atom. The predicted molar refractivity (Wildman–Crippen MR) is 201 cm³/mol. The Kier molecular flexibility index (Phi) is 8.74. The van der Waals surface area contributed by atoms with Gasteiger partial charge in [0.15, 0.2) is 12.0 Å². The van der Waals surface area contributed by atoms with Crippen molar-refractivity contribution in [3.63, 3.8) is 0 Å². The van der Waals surface area contributed by atoms with Crippen LogP contribution in [0.4, 0.5) is 10.2 Å². The second-order valence-electron chi connectivity index (χ2n) is 14.7. The molecule has 10 nitrogen and oxygen atoms in total. The summed E-state index contributed by atoms with van der Waals surface area (Å²) in [5.41, 5.74) is 5.65. The van der Waals surface area contributed by atoms with Crippen molar-refractivity contribution in [2.75, 3.05) is 37.4 Å². The first-order chi connectivity index (χ1) is 25.4. The first-order valence-corrected chi connectivity index (χ1v) is 20.5. The van der Waals surface area contributed by atoms with Gasteiger partial charge in [-0.3, -0.25) is 4.79 Å². The average Bonchev–Trinajstić information content (AvgIpc) is 3.62. The molecule has 2 aromatic heterocycles. The molecule has 2 unspecified atom stereocenters. The van der Waals surface area contributed by atoms with E-state index >= 15 is 4.39 Å². The van der Waals surface area contributed by atoms with Crippen LogP contribution in [-0.4, -0.2) is 75.7 Å². The van der Waals surface area contributed by atoms with Gasteiger partial charge in [-0.15, -0.1) is 0 Å². The monoisotopic (exact) mass is 722 g/mol. The maximum Gasteiger partial charge on any atom is 0.321 e. The van der Waals surface area contributed by atoms with Crippen LogP contribution in [0.5, 0.6) is 11.8 Å². The van der Waals surface area contributed by atoms with E-state index < -0.39 is 8.15 Å². The number of piperazine rings is 1. The molecule has 0 N–H and O–H groups in total. The minimum Gasteiger partial charge on any atom is -0.486 e. The van der Waals surface area contributed by atoms with Gasteiger partial charge in [0, 0.05) is 53.8 Å². The van der Waals surface area contributed by atoms with E-state index in [-0.39, 0.29) is 30.0 Å². The Hall–Kier alpha value is -4.34. The summed E-state index contributed by atoms with van der Waals surface area (Å²) >= 11 is 0. The van der Waals surface area contributed by atoms with Crippen molar-refractivity contribution in [3.8, 4) is 22.9 Å². The van der Waals surface area contributed by atoms with Crippen molar-refractivity contribution >= 4 is 42.2 Å². The number of ether oxygens (including phenoxy) is 2. The highest BCUT2D eigenvalue weighted by molar-refractivity contribution is 7.52. The number of hydrogen-bond acceptors (Lipinski definition) is 8. The lowest BCUT2D eigenvalue weighted by Gasteiger charge is -2.34. The summed E-state index contributed by atoms with van der Waals surface area (Å²) in [4.78, 5) is 26.3. The van der Waals surface area contributed by atoms with Gasteiger partial charge in [0.05, 0.1) is 31.9 Å². The molecule has 1 saturated carbocycles. The normalized spacial score (nSPS) is 22.0. The SMILES string of the molecule is CCP(C)Oc1nc(N2C[C@@H]3C[C@H]2CN3C=O)c2cc(C3CC3)c(-c3c(C)c(F)cc4c3cnn4C3CCCCO3)c(OCc3ccccc3)c2n1. The number of carbonyl (C=O) groups is 1. The highest BCUT2D eigenvalue weighted by Crippen LogP contribution is 2.54. The second kappa shape index (κ2) is 13.6. The van der Waals surface area contributed by atoms with E-state index in [0.717, 1.165) is 89.9 Å². The van der Waals surface area contributed by atoms with Crippen LogP contribution < -0.4 is 14.2 Å². The van der Waals surface area contributed by atoms with Crippen LogP contribution in [0, 0.1) is 12.7 Å². The molecular formula is C40H44FN6O4P. The molecule has 3 saturated heterocycles. The molecule has 9 rings (SSSR count). The minimum atomic E-state index is -0.810. The lowest BCUT2D eigenvalue weighted by atomic mass is 9.88. The number of halogens is 1. The zero-order valence-corrected chi connectivity index (χ0v) is 30.8. The largest absolute Gasteiger partial charge is 0.486 e. The summed E-state index contributed by atoms with van der Waals surface area (Å²) in [6, 6.07) is 14.5. The maximum absolute atomic E-state index is 16.3. The highest BCUT2D eigenvalue weighted by atomic mass is 31.1. The van der Waals surface area contributed by atoms with Crippen LogP contribution in [0.3, 0.4) is 0 Å². The molecular weight excluding hydrogens is 678 g/mol. The van der Waals surface area contributed by atoms with Gasteiger partial charge in [0.2, 0.25) is 6.41 Å². The number of fused-ring (bicyclic) bond motifs is 4. The molecule has 4 fully saturated rings. The van der Waals surface area contributed by atoms with Crippen molar-refractivity contribution in [1.29, 1.82) is 0 Å². The highest BCUT2D eigenvalue weighted by Gasteiger charge is 2.44. The van der Waals surface area contributed by atoms with Crippen molar-refractivity contribution in [2.45, 2.75) is 83.2 Å². The van der Waals surface area contributed by atoms with Gasteiger partial charge >= 0.3 is 6.01 Å². The van der Waals surface area contributed by atoms with E-state index in [0.29, 0.717) is 54.7 Å². The van der Waals surface area contributed by atoms with Crippen LogP contribution in [0.25, 0.3) is 32.9 Å².